The maximum atomic E-state index is 11.8. The van der Waals surface area contributed by atoms with E-state index in [1.54, 1.807) is 12.5 Å². The summed E-state index contributed by atoms with van der Waals surface area (Å²) in [5, 5.41) is 3.06. The Bertz CT molecular complexity index is 339. The predicted octanol–water partition coefficient (Wildman–Crippen LogP) is 2.91. The Morgan fingerprint density at radius 2 is 2.29 bits per heavy atom. The van der Waals surface area contributed by atoms with Crippen molar-refractivity contribution in [2.75, 3.05) is 0 Å². The molecule has 1 fully saturated rings. The van der Waals surface area contributed by atoms with Crippen molar-refractivity contribution in [3.05, 3.63) is 24.2 Å². The van der Waals surface area contributed by atoms with E-state index in [-0.39, 0.29) is 11.9 Å². The molecule has 1 N–H and O–H groups in total. The summed E-state index contributed by atoms with van der Waals surface area (Å²) in [7, 11) is 0. The standard InChI is InChI=1S/C14H21NO2/c1-11(8-13-6-7-17-10-13)15-14(16)9-12-4-2-3-5-12/h6-7,10-12H,2-5,8-9H2,1H3,(H,15,16). The van der Waals surface area contributed by atoms with Crippen molar-refractivity contribution in [1.29, 1.82) is 0 Å². The van der Waals surface area contributed by atoms with Gasteiger partial charge in [0.05, 0.1) is 12.5 Å². The van der Waals surface area contributed by atoms with Gasteiger partial charge in [-0.2, -0.15) is 0 Å². The fraction of sp³-hybridized carbons (Fsp3) is 0.643. The fourth-order valence-electron chi connectivity index (χ4n) is 2.62. The van der Waals surface area contributed by atoms with E-state index in [1.165, 1.54) is 25.7 Å². The predicted molar refractivity (Wildman–Crippen MR) is 66.6 cm³/mol. The molecule has 1 heterocycles. The second-order valence-corrected chi connectivity index (χ2v) is 5.16. The largest absolute Gasteiger partial charge is 0.472 e. The highest BCUT2D eigenvalue weighted by Gasteiger charge is 2.19. The van der Waals surface area contributed by atoms with Gasteiger partial charge in [-0.05, 0) is 43.7 Å². The molecule has 1 amide bonds. The minimum atomic E-state index is 0.182. The molecule has 1 aromatic rings. The SMILES string of the molecule is CC(Cc1ccoc1)NC(=O)CC1CCCC1. The summed E-state index contributed by atoms with van der Waals surface area (Å²) in [5.74, 6) is 0.823. The molecular formula is C14H21NO2. The third-order valence-electron chi connectivity index (χ3n) is 3.48. The van der Waals surface area contributed by atoms with Gasteiger partial charge in [-0.3, -0.25) is 4.79 Å². The van der Waals surface area contributed by atoms with Crippen LogP contribution in [0.5, 0.6) is 0 Å². The highest BCUT2D eigenvalue weighted by Crippen LogP contribution is 2.27. The van der Waals surface area contributed by atoms with E-state index in [2.05, 4.69) is 5.32 Å². The van der Waals surface area contributed by atoms with Crippen LogP contribution < -0.4 is 5.32 Å². The lowest BCUT2D eigenvalue weighted by molar-refractivity contribution is -0.122. The highest BCUT2D eigenvalue weighted by molar-refractivity contribution is 5.76. The normalized spacial score (nSPS) is 18.2. The topological polar surface area (TPSA) is 42.2 Å². The Morgan fingerprint density at radius 3 is 2.94 bits per heavy atom. The molecule has 3 nitrogen and oxygen atoms in total. The van der Waals surface area contributed by atoms with E-state index in [0.29, 0.717) is 12.3 Å². The second-order valence-electron chi connectivity index (χ2n) is 5.16. The number of carbonyl (C=O) groups is 1. The molecule has 1 saturated carbocycles. The van der Waals surface area contributed by atoms with E-state index in [0.717, 1.165) is 12.0 Å². The Kier molecular flexibility index (Phi) is 4.24. The smallest absolute Gasteiger partial charge is 0.220 e. The molecular weight excluding hydrogens is 214 g/mol. The van der Waals surface area contributed by atoms with Crippen molar-refractivity contribution >= 4 is 5.91 Å². The van der Waals surface area contributed by atoms with Crippen LogP contribution in [-0.2, 0) is 11.2 Å². The lowest BCUT2D eigenvalue weighted by Gasteiger charge is -2.15. The van der Waals surface area contributed by atoms with Gasteiger partial charge < -0.3 is 9.73 Å². The Morgan fingerprint density at radius 1 is 1.53 bits per heavy atom. The molecule has 0 spiro atoms. The van der Waals surface area contributed by atoms with Gasteiger partial charge in [-0.1, -0.05) is 12.8 Å². The summed E-state index contributed by atoms with van der Waals surface area (Å²) >= 11 is 0. The van der Waals surface area contributed by atoms with Crippen molar-refractivity contribution in [1.82, 2.24) is 5.32 Å². The van der Waals surface area contributed by atoms with Crippen LogP contribution in [0.25, 0.3) is 0 Å². The van der Waals surface area contributed by atoms with Crippen molar-refractivity contribution in [2.45, 2.75) is 51.5 Å². The van der Waals surface area contributed by atoms with Gasteiger partial charge in [0.15, 0.2) is 0 Å². The molecule has 0 radical (unpaired) electrons. The molecule has 0 aliphatic heterocycles. The minimum Gasteiger partial charge on any atom is -0.472 e. The average molecular weight is 235 g/mol. The second kappa shape index (κ2) is 5.89. The van der Waals surface area contributed by atoms with Gasteiger partial charge in [0.1, 0.15) is 0 Å². The number of rotatable bonds is 5. The maximum absolute atomic E-state index is 11.8. The van der Waals surface area contributed by atoms with E-state index in [4.69, 9.17) is 4.42 Å². The summed E-state index contributed by atoms with van der Waals surface area (Å²) in [6.07, 6.45) is 9.99. The molecule has 1 unspecified atom stereocenters. The number of hydrogen-bond donors (Lipinski definition) is 1. The highest BCUT2D eigenvalue weighted by atomic mass is 16.3. The van der Waals surface area contributed by atoms with Crippen LogP contribution in [0.1, 0.15) is 44.6 Å². The number of furan rings is 1. The Labute approximate surface area is 103 Å². The first-order valence-corrected chi connectivity index (χ1v) is 6.54. The minimum absolute atomic E-state index is 0.182. The molecule has 0 aromatic carbocycles. The van der Waals surface area contributed by atoms with Crippen LogP contribution in [-0.4, -0.2) is 11.9 Å². The zero-order chi connectivity index (χ0) is 12.1. The van der Waals surface area contributed by atoms with E-state index < -0.39 is 0 Å². The average Bonchev–Trinajstić information content (AvgIpc) is 2.90. The summed E-state index contributed by atoms with van der Waals surface area (Å²) in [6, 6.07) is 2.13. The van der Waals surface area contributed by atoms with Gasteiger partial charge in [0.25, 0.3) is 0 Å². The first-order valence-electron chi connectivity index (χ1n) is 6.54. The first-order chi connectivity index (χ1) is 8.24. The van der Waals surface area contributed by atoms with Crippen molar-refractivity contribution in [2.24, 2.45) is 5.92 Å². The summed E-state index contributed by atoms with van der Waals surface area (Å²) < 4.78 is 5.02. The molecule has 17 heavy (non-hydrogen) atoms. The Balaban J connectivity index is 1.70. The molecule has 3 heteroatoms. The van der Waals surface area contributed by atoms with Crippen molar-refractivity contribution in [3.63, 3.8) is 0 Å². The zero-order valence-electron chi connectivity index (χ0n) is 10.4. The summed E-state index contributed by atoms with van der Waals surface area (Å²) in [6.45, 7) is 2.04. The number of carbonyl (C=O) groups excluding carboxylic acids is 1. The van der Waals surface area contributed by atoms with Crippen molar-refractivity contribution < 1.29 is 9.21 Å². The molecule has 1 aromatic heterocycles. The third-order valence-corrected chi connectivity index (χ3v) is 3.48. The number of nitrogens with one attached hydrogen (secondary N) is 1. The van der Waals surface area contributed by atoms with E-state index in [9.17, 15) is 4.79 Å². The van der Waals surface area contributed by atoms with Crippen molar-refractivity contribution in [3.8, 4) is 0 Å². The van der Waals surface area contributed by atoms with E-state index >= 15 is 0 Å². The van der Waals surface area contributed by atoms with Gasteiger partial charge in [0.2, 0.25) is 5.91 Å². The molecule has 0 saturated heterocycles. The fourth-order valence-corrected chi connectivity index (χ4v) is 2.62. The maximum Gasteiger partial charge on any atom is 0.220 e. The van der Waals surface area contributed by atoms with Crippen LogP contribution in [0.2, 0.25) is 0 Å². The summed E-state index contributed by atoms with van der Waals surface area (Å²) in [5.41, 5.74) is 1.14. The van der Waals surface area contributed by atoms with Gasteiger partial charge in [-0.25, -0.2) is 0 Å². The Hall–Kier alpha value is -1.25. The number of amides is 1. The van der Waals surface area contributed by atoms with Gasteiger partial charge in [0, 0.05) is 12.5 Å². The lowest BCUT2D eigenvalue weighted by Crippen LogP contribution is -2.34. The van der Waals surface area contributed by atoms with Crippen LogP contribution in [0.15, 0.2) is 23.0 Å². The van der Waals surface area contributed by atoms with Crippen LogP contribution >= 0.6 is 0 Å². The molecule has 94 valence electrons. The molecule has 1 atom stereocenters. The summed E-state index contributed by atoms with van der Waals surface area (Å²) in [4.78, 5) is 11.8. The van der Waals surface area contributed by atoms with Crippen LogP contribution in [0, 0.1) is 5.92 Å². The van der Waals surface area contributed by atoms with Gasteiger partial charge >= 0.3 is 0 Å². The number of hydrogen-bond acceptors (Lipinski definition) is 2. The van der Waals surface area contributed by atoms with E-state index in [1.807, 2.05) is 13.0 Å². The molecule has 2 rings (SSSR count). The third kappa shape index (κ3) is 3.91. The quantitative estimate of drug-likeness (QED) is 0.852. The first kappa shape index (κ1) is 12.2. The van der Waals surface area contributed by atoms with Crippen LogP contribution in [0.3, 0.4) is 0 Å². The lowest BCUT2D eigenvalue weighted by atomic mass is 10.0. The van der Waals surface area contributed by atoms with Gasteiger partial charge in [-0.15, -0.1) is 0 Å². The van der Waals surface area contributed by atoms with Crippen LogP contribution in [0.4, 0.5) is 0 Å². The monoisotopic (exact) mass is 235 g/mol. The molecule has 1 aliphatic carbocycles. The zero-order valence-corrected chi connectivity index (χ0v) is 10.4. The molecule has 0 bridgehead atoms. The molecule has 1 aliphatic rings.